The summed E-state index contributed by atoms with van der Waals surface area (Å²) >= 11 is 3.37. The van der Waals surface area contributed by atoms with Gasteiger partial charge in [-0.3, -0.25) is 9.79 Å². The summed E-state index contributed by atoms with van der Waals surface area (Å²) in [6.07, 6.45) is 1.60. The van der Waals surface area contributed by atoms with E-state index in [0.717, 1.165) is 15.7 Å². The molecule has 2 N–H and O–H groups in total. The first-order valence-electron chi connectivity index (χ1n) is 9.15. The van der Waals surface area contributed by atoms with Crippen LogP contribution >= 0.6 is 15.9 Å². The van der Waals surface area contributed by atoms with Gasteiger partial charge in [-0.2, -0.15) is 5.10 Å². The van der Waals surface area contributed by atoms with Crippen LogP contribution in [0.3, 0.4) is 0 Å². The van der Waals surface area contributed by atoms with Gasteiger partial charge >= 0.3 is 0 Å². The Balaban J connectivity index is 1.56. The zero-order chi connectivity index (χ0) is 21.3. The van der Waals surface area contributed by atoms with Gasteiger partial charge in [-0.25, -0.2) is 5.43 Å². The Kier molecular flexibility index (Phi) is 7.34. The largest absolute Gasteiger partial charge is 0.507 e. The molecule has 0 atom stereocenters. The van der Waals surface area contributed by atoms with Crippen molar-refractivity contribution >= 4 is 39.5 Å². The molecule has 0 heterocycles. The molecule has 0 aliphatic carbocycles. The maximum absolute atomic E-state index is 11.9. The van der Waals surface area contributed by atoms with E-state index in [9.17, 15) is 9.90 Å². The van der Waals surface area contributed by atoms with Gasteiger partial charge in [0.25, 0.3) is 5.91 Å². The highest BCUT2D eigenvalue weighted by atomic mass is 79.9. The molecule has 0 bridgehead atoms. The number of hydrazone groups is 1. The number of benzene rings is 3. The zero-order valence-corrected chi connectivity index (χ0v) is 17.8. The number of carbonyl (C=O) groups is 1. The molecule has 0 aliphatic rings. The van der Waals surface area contributed by atoms with E-state index in [1.54, 1.807) is 43.5 Å². The van der Waals surface area contributed by atoms with Crippen molar-refractivity contribution in [2.24, 2.45) is 10.1 Å². The molecule has 3 aromatic rings. The summed E-state index contributed by atoms with van der Waals surface area (Å²) in [5, 5.41) is 14.0. The Morgan fingerprint density at radius 2 is 1.83 bits per heavy atom. The van der Waals surface area contributed by atoms with Crippen LogP contribution in [-0.2, 0) is 4.79 Å². The highest BCUT2D eigenvalue weighted by Gasteiger charge is 2.03. The SMILES string of the molecule is C/C(=N/NC(=O)COc1ccccc1)c1ccc(N=Cc2cc(Br)ccc2O)cc1. The zero-order valence-electron chi connectivity index (χ0n) is 16.2. The number of amides is 1. The number of hydrogen-bond donors (Lipinski definition) is 2. The lowest BCUT2D eigenvalue weighted by atomic mass is 10.1. The molecule has 0 radical (unpaired) electrons. The molecule has 0 aromatic heterocycles. The summed E-state index contributed by atoms with van der Waals surface area (Å²) in [5.74, 6) is 0.447. The van der Waals surface area contributed by atoms with Crippen LogP contribution in [0.4, 0.5) is 5.69 Å². The van der Waals surface area contributed by atoms with Crippen LogP contribution < -0.4 is 10.2 Å². The number of phenolic OH excluding ortho intramolecular Hbond substituents is 1. The third-order valence-electron chi connectivity index (χ3n) is 4.09. The predicted molar refractivity (Wildman–Crippen MR) is 122 cm³/mol. The van der Waals surface area contributed by atoms with Crippen molar-refractivity contribution < 1.29 is 14.6 Å². The summed E-state index contributed by atoms with van der Waals surface area (Å²) in [5.41, 5.74) is 5.34. The van der Waals surface area contributed by atoms with Gasteiger partial charge in [-0.15, -0.1) is 0 Å². The topological polar surface area (TPSA) is 83.3 Å². The van der Waals surface area contributed by atoms with Crippen molar-refractivity contribution in [3.8, 4) is 11.5 Å². The van der Waals surface area contributed by atoms with Crippen LogP contribution in [0.15, 0.2) is 87.4 Å². The molecule has 0 saturated heterocycles. The van der Waals surface area contributed by atoms with Crippen molar-refractivity contribution in [2.45, 2.75) is 6.92 Å². The van der Waals surface area contributed by atoms with Crippen LogP contribution in [0.5, 0.6) is 11.5 Å². The number of carbonyl (C=O) groups excluding carboxylic acids is 1. The number of rotatable bonds is 7. The van der Waals surface area contributed by atoms with Crippen molar-refractivity contribution in [1.29, 1.82) is 0 Å². The molecule has 3 rings (SSSR count). The van der Waals surface area contributed by atoms with Gasteiger partial charge in [0.05, 0.1) is 11.4 Å². The van der Waals surface area contributed by atoms with Crippen LogP contribution in [0, 0.1) is 0 Å². The molecule has 152 valence electrons. The lowest BCUT2D eigenvalue weighted by Crippen LogP contribution is -2.25. The van der Waals surface area contributed by atoms with Gasteiger partial charge < -0.3 is 9.84 Å². The van der Waals surface area contributed by atoms with E-state index in [1.165, 1.54) is 0 Å². The standard InChI is InChI=1S/C23H20BrN3O3/c1-16(26-27-23(29)15-30-21-5-3-2-4-6-21)17-7-10-20(11-8-17)25-14-18-13-19(24)9-12-22(18)28/h2-14,28H,15H2,1H3,(H,27,29)/b25-14?,26-16-. The van der Waals surface area contributed by atoms with Gasteiger partial charge in [0.1, 0.15) is 11.5 Å². The number of nitrogens with zero attached hydrogens (tertiary/aromatic N) is 2. The van der Waals surface area contributed by atoms with Gasteiger partial charge in [0.15, 0.2) is 6.61 Å². The van der Waals surface area contributed by atoms with Gasteiger partial charge in [-0.1, -0.05) is 46.3 Å². The lowest BCUT2D eigenvalue weighted by Gasteiger charge is -2.06. The fourth-order valence-corrected chi connectivity index (χ4v) is 2.85. The molecule has 3 aromatic carbocycles. The highest BCUT2D eigenvalue weighted by Crippen LogP contribution is 2.21. The maximum atomic E-state index is 11.9. The minimum Gasteiger partial charge on any atom is -0.507 e. The number of nitrogens with one attached hydrogen (secondary N) is 1. The number of phenols is 1. The maximum Gasteiger partial charge on any atom is 0.277 e. The molecular weight excluding hydrogens is 446 g/mol. The van der Waals surface area contributed by atoms with Crippen LogP contribution in [0.25, 0.3) is 0 Å². The minimum atomic E-state index is -0.340. The molecule has 30 heavy (non-hydrogen) atoms. The van der Waals surface area contributed by atoms with Gasteiger partial charge in [0.2, 0.25) is 0 Å². The normalized spacial score (nSPS) is 11.5. The number of aromatic hydroxyl groups is 1. The van der Waals surface area contributed by atoms with E-state index >= 15 is 0 Å². The second kappa shape index (κ2) is 10.4. The van der Waals surface area contributed by atoms with Crippen molar-refractivity contribution in [1.82, 2.24) is 5.43 Å². The Morgan fingerprint density at radius 1 is 1.10 bits per heavy atom. The summed E-state index contributed by atoms with van der Waals surface area (Å²) in [7, 11) is 0. The second-order valence-electron chi connectivity index (χ2n) is 6.34. The smallest absolute Gasteiger partial charge is 0.277 e. The van der Waals surface area contributed by atoms with E-state index in [1.807, 2.05) is 42.5 Å². The predicted octanol–water partition coefficient (Wildman–Crippen LogP) is 4.82. The van der Waals surface area contributed by atoms with E-state index in [4.69, 9.17) is 4.74 Å². The number of halogens is 1. The van der Waals surface area contributed by atoms with Crippen LogP contribution in [-0.4, -0.2) is 29.5 Å². The number of aliphatic imine (C=N–C) groups is 1. The van der Waals surface area contributed by atoms with Crippen molar-refractivity contribution in [3.63, 3.8) is 0 Å². The first-order valence-corrected chi connectivity index (χ1v) is 9.94. The second-order valence-corrected chi connectivity index (χ2v) is 7.26. The van der Waals surface area contributed by atoms with Gasteiger partial charge in [0, 0.05) is 16.3 Å². The first kappa shape index (κ1) is 21.3. The Hall–Kier alpha value is -3.45. The molecule has 0 fully saturated rings. The van der Waals surface area contributed by atoms with E-state index < -0.39 is 0 Å². The van der Waals surface area contributed by atoms with E-state index in [0.29, 0.717) is 17.0 Å². The van der Waals surface area contributed by atoms with Crippen molar-refractivity contribution in [3.05, 3.63) is 88.4 Å². The van der Waals surface area contributed by atoms with Crippen LogP contribution in [0.2, 0.25) is 0 Å². The molecular formula is C23H20BrN3O3. The molecule has 0 aliphatic heterocycles. The lowest BCUT2D eigenvalue weighted by molar-refractivity contribution is -0.123. The summed E-state index contributed by atoms with van der Waals surface area (Å²) in [6.45, 7) is 1.69. The number of para-hydroxylation sites is 1. The quantitative estimate of drug-likeness (QED) is 0.387. The molecule has 7 heteroatoms. The summed E-state index contributed by atoms with van der Waals surface area (Å²) < 4.78 is 6.24. The van der Waals surface area contributed by atoms with E-state index in [-0.39, 0.29) is 18.3 Å². The average molecular weight is 466 g/mol. The van der Waals surface area contributed by atoms with E-state index in [2.05, 4.69) is 31.4 Å². The first-order chi connectivity index (χ1) is 14.5. The Morgan fingerprint density at radius 3 is 2.57 bits per heavy atom. The molecule has 6 nitrogen and oxygen atoms in total. The van der Waals surface area contributed by atoms with Gasteiger partial charge in [-0.05, 0) is 55.0 Å². The molecule has 0 saturated carbocycles. The van der Waals surface area contributed by atoms with Crippen LogP contribution in [0.1, 0.15) is 18.1 Å². The fourth-order valence-electron chi connectivity index (χ4n) is 2.47. The summed E-state index contributed by atoms with van der Waals surface area (Å²) in [4.78, 5) is 16.3. The molecule has 1 amide bonds. The fraction of sp³-hybridized carbons (Fsp3) is 0.0870. The Labute approximate surface area is 183 Å². The third-order valence-corrected chi connectivity index (χ3v) is 4.58. The molecule has 0 unspecified atom stereocenters. The average Bonchev–Trinajstić information content (AvgIpc) is 2.77. The summed E-state index contributed by atoms with van der Waals surface area (Å²) in [6, 6.07) is 21.7. The molecule has 0 spiro atoms. The third kappa shape index (κ3) is 6.28. The Bertz CT molecular complexity index is 1060. The monoisotopic (exact) mass is 465 g/mol. The number of hydrogen-bond acceptors (Lipinski definition) is 5. The minimum absolute atomic E-state index is 0.114. The number of ether oxygens (including phenoxy) is 1. The van der Waals surface area contributed by atoms with Crippen molar-refractivity contribution in [2.75, 3.05) is 6.61 Å². The highest BCUT2D eigenvalue weighted by molar-refractivity contribution is 9.10.